The van der Waals surface area contributed by atoms with Gasteiger partial charge in [-0.2, -0.15) is 0 Å². The fourth-order valence-electron chi connectivity index (χ4n) is 2.01. The van der Waals surface area contributed by atoms with Gasteiger partial charge in [-0.1, -0.05) is 0 Å². The Balaban J connectivity index is 3.58. The van der Waals surface area contributed by atoms with Gasteiger partial charge in [-0.25, -0.2) is 0 Å². The normalized spacial score (nSPS) is 12.6. The fraction of sp³-hybridized carbons (Fsp3) is 0.600. The first-order valence-electron chi connectivity index (χ1n) is 6.09. The molecule has 0 fully saturated rings. The van der Waals surface area contributed by atoms with Crippen molar-refractivity contribution in [3.8, 4) is 5.75 Å². The summed E-state index contributed by atoms with van der Waals surface area (Å²) in [6.07, 6.45) is 0. The number of benzene rings is 1. The molecule has 0 heterocycles. The second-order valence-corrected chi connectivity index (χ2v) is 7.39. The van der Waals surface area contributed by atoms with Gasteiger partial charge >= 0.3 is 127 Å². The molecule has 1 nitrogen and oxygen atoms in total. The van der Waals surface area contributed by atoms with Gasteiger partial charge in [0.1, 0.15) is 0 Å². The van der Waals surface area contributed by atoms with Gasteiger partial charge in [-0.05, 0) is 0 Å². The third-order valence-corrected chi connectivity index (χ3v) is 3.55. The molecule has 2 heteroatoms. The maximum atomic E-state index is 5.81. The number of aryl methyl sites for hydroxylation is 1. The zero-order valence-electron chi connectivity index (χ0n) is 12.1. The van der Waals surface area contributed by atoms with E-state index in [0.717, 1.165) is 37.2 Å². The Bertz CT molecular complexity index is 373. The van der Waals surface area contributed by atoms with E-state index < -0.39 is 0 Å². The van der Waals surface area contributed by atoms with Crippen LogP contribution in [0.1, 0.15) is 58.2 Å². The zero-order valence-corrected chi connectivity index (χ0v) is 15.0. The van der Waals surface area contributed by atoms with E-state index in [1.165, 1.54) is 16.7 Å². The van der Waals surface area contributed by atoms with Crippen LogP contribution in [-0.2, 0) is 42.3 Å². The van der Waals surface area contributed by atoms with Gasteiger partial charge in [0, 0.05) is 0 Å². The van der Waals surface area contributed by atoms with E-state index in [1.54, 1.807) is 0 Å². The average Bonchev–Trinajstić information content (AvgIpc) is 2.13. The molecular weight excluding hydrogens is 285 g/mol. The van der Waals surface area contributed by atoms with Crippen molar-refractivity contribution in [3.05, 3.63) is 28.8 Å². The van der Waals surface area contributed by atoms with Crippen molar-refractivity contribution < 1.29 is 33.5 Å². The summed E-state index contributed by atoms with van der Waals surface area (Å²) in [4.78, 5) is 0. The van der Waals surface area contributed by atoms with Crippen LogP contribution in [0.4, 0.5) is 0 Å². The van der Waals surface area contributed by atoms with Crippen molar-refractivity contribution in [1.82, 2.24) is 0 Å². The molecule has 0 atom stereocenters. The number of hydrogen-bond donors (Lipinski definition) is 0. The molecule has 0 aliphatic heterocycles. The van der Waals surface area contributed by atoms with Crippen LogP contribution >= 0.6 is 0 Å². The Hall–Kier alpha value is 0.124. The van der Waals surface area contributed by atoms with Crippen LogP contribution in [0.25, 0.3) is 0 Å². The monoisotopic (exact) mass is 308 g/mol. The van der Waals surface area contributed by atoms with Crippen LogP contribution in [-0.4, -0.2) is 0 Å². The molecule has 0 bridgehead atoms. The molecule has 0 N–H and O–H groups in total. The molecule has 0 aliphatic rings. The molecule has 0 saturated carbocycles. The molecule has 0 saturated heterocycles. The summed E-state index contributed by atoms with van der Waals surface area (Å²) in [7, 11) is 0. The van der Waals surface area contributed by atoms with Crippen molar-refractivity contribution in [2.75, 3.05) is 0 Å². The molecule has 17 heavy (non-hydrogen) atoms. The SMILES string of the molecule is Cc1cc(C(C)(C)C)c([O][Y])c(C(C)(C)C)c1. The van der Waals surface area contributed by atoms with Gasteiger partial charge in [-0.3, -0.25) is 0 Å². The summed E-state index contributed by atoms with van der Waals surface area (Å²) in [5.74, 6) is 1.11. The van der Waals surface area contributed by atoms with E-state index in [9.17, 15) is 0 Å². The van der Waals surface area contributed by atoms with Gasteiger partial charge < -0.3 is 0 Å². The van der Waals surface area contributed by atoms with Gasteiger partial charge in [0.05, 0.1) is 0 Å². The third-order valence-electron chi connectivity index (χ3n) is 2.97. The molecule has 0 amide bonds. The van der Waals surface area contributed by atoms with Gasteiger partial charge in [0.2, 0.25) is 0 Å². The quantitative estimate of drug-likeness (QED) is 0.746. The number of hydrogen-bond acceptors (Lipinski definition) is 1. The van der Waals surface area contributed by atoms with Crippen LogP contribution in [0, 0.1) is 6.92 Å². The van der Waals surface area contributed by atoms with Crippen molar-refractivity contribution in [2.24, 2.45) is 0 Å². The molecule has 0 spiro atoms. The van der Waals surface area contributed by atoms with Crippen molar-refractivity contribution in [1.29, 1.82) is 0 Å². The first-order chi connectivity index (χ1) is 7.57. The third kappa shape index (κ3) is 3.54. The molecule has 0 radical (unpaired) electrons. The summed E-state index contributed by atoms with van der Waals surface area (Å²) >= 11 is 0.805. The van der Waals surface area contributed by atoms with E-state index in [4.69, 9.17) is 2.05 Å². The Morgan fingerprint density at radius 1 is 0.882 bits per heavy atom. The summed E-state index contributed by atoms with van der Waals surface area (Å²) in [6, 6.07) is 4.53. The molecule has 0 aliphatic carbocycles. The molecule has 92 valence electrons. The van der Waals surface area contributed by atoms with Crippen molar-refractivity contribution in [2.45, 2.75) is 59.3 Å². The van der Waals surface area contributed by atoms with E-state index in [0.29, 0.717) is 0 Å². The zero-order chi connectivity index (χ0) is 13.4. The van der Waals surface area contributed by atoms with Crippen LogP contribution < -0.4 is 2.05 Å². The fourth-order valence-corrected chi connectivity index (χ4v) is 2.64. The molecule has 1 aromatic carbocycles. The Morgan fingerprint density at radius 2 is 1.24 bits per heavy atom. The maximum absolute atomic E-state index is 5.81. The Kier molecular flexibility index (Phi) is 4.48. The molecule has 0 unspecified atom stereocenters. The predicted molar refractivity (Wildman–Crippen MR) is 69.2 cm³/mol. The van der Waals surface area contributed by atoms with E-state index in [-0.39, 0.29) is 10.8 Å². The minimum atomic E-state index is 0.129. The second-order valence-electron chi connectivity index (χ2n) is 6.81. The first kappa shape index (κ1) is 15.2. The number of rotatable bonds is 1. The Morgan fingerprint density at radius 3 is 1.47 bits per heavy atom. The second kappa shape index (κ2) is 5.01. The summed E-state index contributed by atoms with van der Waals surface area (Å²) in [6.45, 7) is 15.7. The summed E-state index contributed by atoms with van der Waals surface area (Å²) < 4.78 is 5.81. The average molecular weight is 308 g/mol. The van der Waals surface area contributed by atoms with Gasteiger partial charge in [-0.15, -0.1) is 0 Å². The van der Waals surface area contributed by atoms with E-state index >= 15 is 0 Å². The summed E-state index contributed by atoms with van der Waals surface area (Å²) in [5, 5.41) is 0. The van der Waals surface area contributed by atoms with Crippen LogP contribution in [0.5, 0.6) is 5.75 Å². The van der Waals surface area contributed by atoms with Gasteiger partial charge in [0.15, 0.2) is 0 Å². The van der Waals surface area contributed by atoms with Crippen LogP contribution in [0.2, 0.25) is 0 Å². The summed E-state index contributed by atoms with van der Waals surface area (Å²) in [5.41, 5.74) is 4.24. The molecular formula is C15H23OY. The molecule has 0 aromatic heterocycles. The van der Waals surface area contributed by atoms with Crippen molar-refractivity contribution in [3.63, 3.8) is 0 Å². The standard InChI is InChI=1S/C15H24O.Y/c1-10-8-11(14(2,3)4)13(16)12(9-10)15(5,6)7;/h8-9,16H,1-7H3;/q;+1/p-1. The van der Waals surface area contributed by atoms with Crippen LogP contribution in [0.15, 0.2) is 12.1 Å². The van der Waals surface area contributed by atoms with E-state index in [2.05, 4.69) is 60.6 Å². The first-order valence-corrected chi connectivity index (χ1v) is 7.25. The van der Waals surface area contributed by atoms with Crippen LogP contribution in [0.3, 0.4) is 0 Å². The van der Waals surface area contributed by atoms with E-state index in [1.807, 2.05) is 0 Å². The minimum absolute atomic E-state index is 0.129. The molecule has 1 aromatic rings. The van der Waals surface area contributed by atoms with Crippen molar-refractivity contribution >= 4 is 0 Å². The molecule has 1 rings (SSSR count). The Labute approximate surface area is 127 Å². The van der Waals surface area contributed by atoms with Gasteiger partial charge in [0.25, 0.3) is 0 Å². The topological polar surface area (TPSA) is 9.23 Å². The predicted octanol–water partition coefficient (Wildman–Crippen LogP) is 4.43.